The third-order valence-electron chi connectivity index (χ3n) is 4.20. The van der Waals surface area contributed by atoms with Gasteiger partial charge in [0, 0.05) is 23.8 Å². The largest absolute Gasteiger partial charge is 0.423 e. The number of aryl methyl sites for hydroxylation is 1. The van der Waals surface area contributed by atoms with Gasteiger partial charge in [-0.05, 0) is 35.6 Å². The van der Waals surface area contributed by atoms with Crippen molar-refractivity contribution < 1.29 is 4.42 Å². The second kappa shape index (κ2) is 7.17. The van der Waals surface area contributed by atoms with Crippen molar-refractivity contribution in [2.24, 2.45) is 0 Å². The van der Waals surface area contributed by atoms with E-state index in [2.05, 4.69) is 11.6 Å². The lowest BCUT2D eigenvalue weighted by Crippen LogP contribution is -2.22. The molecule has 0 atom stereocenters. The quantitative estimate of drug-likeness (QED) is 0.217. The molecule has 4 rings (SSSR count). The van der Waals surface area contributed by atoms with Crippen LogP contribution in [-0.2, 0) is 12.3 Å². The highest BCUT2D eigenvalue weighted by molar-refractivity contribution is 7.98. The zero-order chi connectivity index (χ0) is 19.0. The molecule has 0 N–H and O–H groups in total. The van der Waals surface area contributed by atoms with E-state index in [1.807, 2.05) is 30.5 Å². The van der Waals surface area contributed by atoms with Gasteiger partial charge in [-0.1, -0.05) is 30.0 Å². The van der Waals surface area contributed by atoms with Gasteiger partial charge in [0.1, 0.15) is 10.4 Å². The third kappa shape index (κ3) is 3.36. The molecule has 0 aliphatic rings. The fraction of sp³-hybridized carbons (Fsp3) is 0.150. The number of rotatable bonds is 5. The lowest BCUT2D eigenvalue weighted by molar-refractivity contribution is 0.559. The summed E-state index contributed by atoms with van der Waals surface area (Å²) in [5, 5.41) is 3.99. The van der Waals surface area contributed by atoms with Gasteiger partial charge in [0.15, 0.2) is 5.16 Å². The molecule has 0 spiro atoms. The van der Waals surface area contributed by atoms with Crippen LogP contribution in [0.2, 0.25) is 0 Å². The van der Waals surface area contributed by atoms with Crippen molar-refractivity contribution in [3.8, 4) is 0 Å². The summed E-state index contributed by atoms with van der Waals surface area (Å²) in [6.07, 6.45) is 1.68. The van der Waals surface area contributed by atoms with Gasteiger partial charge in [-0.2, -0.15) is 0 Å². The van der Waals surface area contributed by atoms with Crippen molar-refractivity contribution in [3.63, 3.8) is 0 Å². The second-order valence-electron chi connectivity index (χ2n) is 6.12. The molecule has 27 heavy (non-hydrogen) atoms. The van der Waals surface area contributed by atoms with Gasteiger partial charge in [0.2, 0.25) is 0 Å². The van der Waals surface area contributed by atoms with E-state index in [0.717, 1.165) is 21.3 Å². The Bertz CT molecular complexity index is 1280. The zero-order valence-corrected chi connectivity index (χ0v) is 16.2. The molecule has 0 bridgehead atoms. The average molecular weight is 396 g/mol. The van der Waals surface area contributed by atoms with Crippen LogP contribution in [-0.4, -0.2) is 9.55 Å². The van der Waals surface area contributed by atoms with Gasteiger partial charge < -0.3 is 4.42 Å². The predicted octanol–water partition coefficient (Wildman–Crippen LogP) is 4.35. The molecule has 1 aromatic carbocycles. The summed E-state index contributed by atoms with van der Waals surface area (Å²) in [6.45, 7) is 6.08. The first-order valence-electron chi connectivity index (χ1n) is 8.32. The highest BCUT2D eigenvalue weighted by Gasteiger charge is 2.13. The zero-order valence-electron chi connectivity index (χ0n) is 14.6. The predicted molar refractivity (Wildman–Crippen MR) is 111 cm³/mol. The smallest absolute Gasteiger partial charge is 0.336 e. The monoisotopic (exact) mass is 396 g/mol. The molecule has 0 aliphatic carbocycles. The summed E-state index contributed by atoms with van der Waals surface area (Å²) in [7, 11) is 0. The molecule has 0 saturated heterocycles. The molecule has 0 radical (unpaired) electrons. The summed E-state index contributed by atoms with van der Waals surface area (Å²) in [4.78, 5) is 30.0. The highest BCUT2D eigenvalue weighted by atomic mass is 32.2. The fourth-order valence-corrected chi connectivity index (χ4v) is 4.73. The first-order valence-corrected chi connectivity index (χ1v) is 10.2. The maximum atomic E-state index is 12.7. The molecule has 3 heterocycles. The topological polar surface area (TPSA) is 65.1 Å². The van der Waals surface area contributed by atoms with Crippen molar-refractivity contribution in [2.75, 3.05) is 0 Å². The van der Waals surface area contributed by atoms with Gasteiger partial charge in [-0.25, -0.2) is 9.78 Å². The molecule has 0 saturated carbocycles. The van der Waals surface area contributed by atoms with E-state index in [1.165, 1.54) is 29.2 Å². The number of benzene rings is 1. The number of hydrogen-bond acceptors (Lipinski definition) is 6. The number of fused-ring (bicyclic) bond motifs is 2. The second-order valence-corrected chi connectivity index (χ2v) is 7.95. The van der Waals surface area contributed by atoms with E-state index < -0.39 is 0 Å². The number of allylic oxidation sites excluding steroid dienone is 1. The molecule has 5 nitrogen and oxygen atoms in total. The Morgan fingerprint density at radius 1 is 1.26 bits per heavy atom. The van der Waals surface area contributed by atoms with Crippen LogP contribution in [0.3, 0.4) is 0 Å². The first-order chi connectivity index (χ1) is 13.1. The van der Waals surface area contributed by atoms with Crippen molar-refractivity contribution >= 4 is 44.3 Å². The number of hydrogen-bond donors (Lipinski definition) is 0. The van der Waals surface area contributed by atoms with Crippen molar-refractivity contribution in [1.29, 1.82) is 0 Å². The van der Waals surface area contributed by atoms with E-state index in [0.29, 0.717) is 28.4 Å². The molecule has 0 fully saturated rings. The molecular weight excluding hydrogens is 380 g/mol. The minimum absolute atomic E-state index is 0.0725. The van der Waals surface area contributed by atoms with E-state index in [4.69, 9.17) is 4.42 Å². The van der Waals surface area contributed by atoms with Crippen LogP contribution in [0.15, 0.2) is 67.5 Å². The summed E-state index contributed by atoms with van der Waals surface area (Å²) in [5.74, 6) is 0.506. The lowest BCUT2D eigenvalue weighted by Gasteiger charge is -2.11. The summed E-state index contributed by atoms with van der Waals surface area (Å²) in [6, 6.07) is 9.09. The first kappa shape index (κ1) is 17.8. The normalized spacial score (nSPS) is 11.3. The Labute approximate surface area is 163 Å². The number of nitrogens with zero attached hydrogens (tertiary/aromatic N) is 2. The molecule has 3 aromatic heterocycles. The Kier molecular flexibility index (Phi) is 4.72. The van der Waals surface area contributed by atoms with Crippen LogP contribution in [0, 0.1) is 6.92 Å². The maximum absolute atomic E-state index is 12.7. The maximum Gasteiger partial charge on any atom is 0.336 e. The van der Waals surface area contributed by atoms with Gasteiger partial charge in [0.05, 0.1) is 5.39 Å². The Morgan fingerprint density at radius 2 is 2.11 bits per heavy atom. The van der Waals surface area contributed by atoms with Crippen LogP contribution in [0.1, 0.15) is 11.1 Å². The minimum Gasteiger partial charge on any atom is -0.423 e. The Morgan fingerprint density at radius 3 is 2.93 bits per heavy atom. The van der Waals surface area contributed by atoms with Gasteiger partial charge >= 0.3 is 5.63 Å². The molecule has 136 valence electrons. The molecule has 4 aromatic rings. The third-order valence-corrected chi connectivity index (χ3v) is 6.03. The Balaban J connectivity index is 1.77. The van der Waals surface area contributed by atoms with E-state index in [-0.39, 0.29) is 11.2 Å². The number of thioether (sulfide) groups is 1. The van der Waals surface area contributed by atoms with Crippen LogP contribution >= 0.6 is 23.1 Å². The fourth-order valence-electron chi connectivity index (χ4n) is 2.93. The minimum atomic E-state index is -0.381. The van der Waals surface area contributed by atoms with Gasteiger partial charge in [0.25, 0.3) is 5.56 Å². The molecular formula is C20H16N2O3S2. The molecule has 0 aliphatic heterocycles. The number of aromatic nitrogens is 2. The van der Waals surface area contributed by atoms with Crippen LogP contribution < -0.4 is 11.2 Å². The van der Waals surface area contributed by atoms with Crippen molar-refractivity contribution in [2.45, 2.75) is 24.4 Å². The summed E-state index contributed by atoms with van der Waals surface area (Å²) in [5.41, 5.74) is 2.01. The summed E-state index contributed by atoms with van der Waals surface area (Å²) >= 11 is 2.87. The van der Waals surface area contributed by atoms with E-state index in [1.54, 1.807) is 16.7 Å². The number of thiophene rings is 1. The van der Waals surface area contributed by atoms with Crippen molar-refractivity contribution in [1.82, 2.24) is 9.55 Å². The van der Waals surface area contributed by atoms with Crippen LogP contribution in [0.4, 0.5) is 0 Å². The summed E-state index contributed by atoms with van der Waals surface area (Å²) < 4.78 is 6.93. The molecule has 0 unspecified atom stereocenters. The SMILES string of the molecule is C=CCn1c(SCc2cc(=O)oc3cc(C)ccc23)nc2sccc2c1=O. The van der Waals surface area contributed by atoms with Gasteiger partial charge in [-0.15, -0.1) is 17.9 Å². The Hall–Kier alpha value is -2.64. The highest BCUT2D eigenvalue weighted by Crippen LogP contribution is 2.27. The van der Waals surface area contributed by atoms with Crippen LogP contribution in [0.25, 0.3) is 21.2 Å². The van der Waals surface area contributed by atoms with Crippen LogP contribution in [0.5, 0.6) is 0 Å². The molecule has 0 amide bonds. The van der Waals surface area contributed by atoms with E-state index >= 15 is 0 Å². The molecule has 7 heteroatoms. The van der Waals surface area contributed by atoms with Gasteiger partial charge in [-0.3, -0.25) is 9.36 Å². The van der Waals surface area contributed by atoms with Crippen molar-refractivity contribution in [3.05, 3.63) is 80.3 Å². The lowest BCUT2D eigenvalue weighted by atomic mass is 10.1. The average Bonchev–Trinajstić information content (AvgIpc) is 3.10. The standard InChI is InChI=1S/C20H16N2O3S2/c1-3-7-22-19(24)15-6-8-26-18(15)21-20(22)27-11-13-10-17(23)25-16-9-12(2)4-5-14(13)16/h3-6,8-10H,1,7,11H2,2H3. The van der Waals surface area contributed by atoms with E-state index in [9.17, 15) is 9.59 Å².